The number of nitrogens with zero attached hydrogens (tertiary/aromatic N) is 2. The van der Waals surface area contributed by atoms with E-state index in [-0.39, 0.29) is 37.5 Å². The first-order chi connectivity index (χ1) is 13.5. The zero-order chi connectivity index (χ0) is 20.1. The third kappa shape index (κ3) is 4.81. The van der Waals surface area contributed by atoms with Crippen molar-refractivity contribution in [2.24, 2.45) is 0 Å². The lowest BCUT2D eigenvalue weighted by molar-refractivity contribution is -0.120. The van der Waals surface area contributed by atoms with E-state index < -0.39 is 6.03 Å². The smallest absolute Gasteiger partial charge is 0.328 e. The molecule has 2 N–H and O–H groups in total. The molecule has 2 aliphatic heterocycles. The highest BCUT2D eigenvalue weighted by Crippen LogP contribution is 2.29. The Bertz CT molecular complexity index is 749. The van der Waals surface area contributed by atoms with Crippen LogP contribution in [0.25, 0.3) is 0 Å². The van der Waals surface area contributed by atoms with Crippen LogP contribution in [0.15, 0.2) is 18.2 Å². The van der Waals surface area contributed by atoms with Crippen molar-refractivity contribution in [1.29, 1.82) is 0 Å². The van der Waals surface area contributed by atoms with Gasteiger partial charge in [0.2, 0.25) is 5.91 Å². The molecule has 0 unspecified atom stereocenters. The number of carbonyl (C=O) groups excluding carboxylic acids is 3. The minimum absolute atomic E-state index is 0.103. The number of likely N-dealkylation sites (tertiary alicyclic amines) is 1. The Kier molecular flexibility index (Phi) is 6.88. The maximum absolute atomic E-state index is 12.9. The Morgan fingerprint density at radius 2 is 2.00 bits per heavy atom. The predicted molar refractivity (Wildman–Crippen MR) is 104 cm³/mol. The summed E-state index contributed by atoms with van der Waals surface area (Å²) in [7, 11) is 0. The molecule has 0 spiro atoms. The van der Waals surface area contributed by atoms with Gasteiger partial charge in [0.15, 0.2) is 0 Å². The molecule has 1 aromatic carbocycles. The van der Waals surface area contributed by atoms with Gasteiger partial charge < -0.3 is 14.7 Å². The van der Waals surface area contributed by atoms with Gasteiger partial charge in [0.05, 0.1) is 16.8 Å². The number of ether oxygens (including phenoxy) is 1. The molecule has 0 radical (unpaired) electrons. The Morgan fingerprint density at radius 1 is 1.25 bits per heavy atom. The van der Waals surface area contributed by atoms with Crippen molar-refractivity contribution in [2.75, 3.05) is 37.7 Å². The highest BCUT2D eigenvalue weighted by atomic mass is 35.5. The number of hydrogen-bond acceptors (Lipinski definition) is 5. The molecule has 0 saturated carbocycles. The number of nitrogens with one attached hydrogen (secondary N) is 1. The largest absolute Gasteiger partial charge is 0.396 e. The van der Waals surface area contributed by atoms with Crippen LogP contribution < -0.4 is 10.2 Å². The van der Waals surface area contributed by atoms with Gasteiger partial charge >= 0.3 is 6.03 Å². The number of anilines is 1. The SMILES string of the molecule is O=C1CCN(c2cc(C(=O)N3CCC(OCCCO)CC3)ccc2Cl)C(=O)N1. The van der Waals surface area contributed by atoms with Crippen molar-refractivity contribution in [3.05, 3.63) is 28.8 Å². The number of carbonyl (C=O) groups is 3. The molecule has 1 aromatic rings. The quantitative estimate of drug-likeness (QED) is 0.698. The molecular formula is C19H24ClN3O5. The molecule has 2 aliphatic rings. The summed E-state index contributed by atoms with van der Waals surface area (Å²) in [4.78, 5) is 39.5. The van der Waals surface area contributed by atoms with Crippen LogP contribution in [0.1, 0.15) is 36.0 Å². The van der Waals surface area contributed by atoms with Crippen molar-refractivity contribution < 1.29 is 24.2 Å². The summed E-state index contributed by atoms with van der Waals surface area (Å²) in [6.07, 6.45) is 2.39. The van der Waals surface area contributed by atoms with Crippen molar-refractivity contribution in [1.82, 2.24) is 10.2 Å². The summed E-state index contributed by atoms with van der Waals surface area (Å²) in [5, 5.41) is 11.4. The summed E-state index contributed by atoms with van der Waals surface area (Å²) in [6.45, 7) is 2.02. The van der Waals surface area contributed by atoms with Crippen LogP contribution in [0.5, 0.6) is 0 Å². The molecule has 0 aliphatic carbocycles. The molecule has 9 heteroatoms. The van der Waals surface area contributed by atoms with Crippen LogP contribution >= 0.6 is 11.6 Å². The van der Waals surface area contributed by atoms with E-state index in [0.717, 1.165) is 12.8 Å². The van der Waals surface area contributed by atoms with E-state index >= 15 is 0 Å². The lowest BCUT2D eigenvalue weighted by atomic mass is 10.1. The van der Waals surface area contributed by atoms with Crippen LogP contribution in [0, 0.1) is 0 Å². The molecule has 2 fully saturated rings. The van der Waals surface area contributed by atoms with Crippen molar-refractivity contribution in [2.45, 2.75) is 31.8 Å². The van der Waals surface area contributed by atoms with E-state index in [1.54, 1.807) is 23.1 Å². The monoisotopic (exact) mass is 409 g/mol. The molecule has 0 atom stereocenters. The molecule has 152 valence electrons. The number of urea groups is 1. The third-order valence-electron chi connectivity index (χ3n) is 4.92. The Hall–Kier alpha value is -2.16. The van der Waals surface area contributed by atoms with E-state index in [4.69, 9.17) is 21.4 Å². The predicted octanol–water partition coefficient (Wildman–Crippen LogP) is 1.79. The first-order valence-electron chi connectivity index (χ1n) is 9.42. The standard InChI is InChI=1S/C19H24ClN3O5/c20-15-3-2-13(12-16(15)23-9-6-17(25)21-19(23)27)18(26)22-7-4-14(5-8-22)28-11-1-10-24/h2-3,12,14,24H,1,4-11H2,(H,21,25,27). The van der Waals surface area contributed by atoms with Crippen LogP contribution in [-0.4, -0.2) is 66.8 Å². The van der Waals surface area contributed by atoms with Crippen LogP contribution in [0.3, 0.4) is 0 Å². The first kappa shape index (κ1) is 20.6. The minimum Gasteiger partial charge on any atom is -0.396 e. The number of hydrogen-bond donors (Lipinski definition) is 2. The number of halogens is 1. The lowest BCUT2D eigenvalue weighted by Gasteiger charge is -2.32. The Balaban J connectivity index is 1.65. The van der Waals surface area contributed by atoms with Gasteiger partial charge in [0, 0.05) is 44.8 Å². The number of imide groups is 1. The highest BCUT2D eigenvalue weighted by molar-refractivity contribution is 6.34. The van der Waals surface area contributed by atoms with Crippen molar-refractivity contribution >= 4 is 35.1 Å². The maximum atomic E-state index is 12.9. The van der Waals surface area contributed by atoms with Gasteiger partial charge in [-0.3, -0.25) is 19.8 Å². The molecule has 0 bridgehead atoms. The molecule has 4 amide bonds. The summed E-state index contributed by atoms with van der Waals surface area (Å²) >= 11 is 6.24. The second-order valence-corrected chi connectivity index (χ2v) is 7.27. The van der Waals surface area contributed by atoms with Crippen LogP contribution in [0.4, 0.5) is 10.5 Å². The maximum Gasteiger partial charge on any atom is 0.328 e. The lowest BCUT2D eigenvalue weighted by Crippen LogP contribution is -2.49. The summed E-state index contributed by atoms with van der Waals surface area (Å²) < 4.78 is 5.70. The fourth-order valence-corrected chi connectivity index (χ4v) is 3.59. The van der Waals surface area contributed by atoms with Crippen molar-refractivity contribution in [3.8, 4) is 0 Å². The van der Waals surface area contributed by atoms with E-state index in [0.29, 0.717) is 42.4 Å². The number of piperidine rings is 1. The number of amides is 4. The van der Waals surface area contributed by atoms with E-state index in [2.05, 4.69) is 5.32 Å². The highest BCUT2D eigenvalue weighted by Gasteiger charge is 2.28. The number of rotatable bonds is 6. The van der Waals surface area contributed by atoms with E-state index in [1.807, 2.05) is 0 Å². The number of aliphatic hydroxyl groups is 1. The van der Waals surface area contributed by atoms with Gasteiger partial charge in [-0.25, -0.2) is 4.79 Å². The summed E-state index contributed by atoms with van der Waals surface area (Å²) in [5.74, 6) is -0.450. The van der Waals surface area contributed by atoms with Gasteiger partial charge in [-0.15, -0.1) is 0 Å². The van der Waals surface area contributed by atoms with Gasteiger partial charge in [-0.05, 0) is 37.5 Å². The average Bonchev–Trinajstić information content (AvgIpc) is 2.69. The summed E-state index contributed by atoms with van der Waals surface area (Å²) in [6, 6.07) is 4.30. The van der Waals surface area contributed by atoms with Crippen LogP contribution in [0.2, 0.25) is 5.02 Å². The second kappa shape index (κ2) is 9.36. The second-order valence-electron chi connectivity index (χ2n) is 6.86. The zero-order valence-electron chi connectivity index (χ0n) is 15.5. The van der Waals surface area contributed by atoms with Gasteiger partial charge in [-0.2, -0.15) is 0 Å². The summed E-state index contributed by atoms with van der Waals surface area (Å²) in [5.41, 5.74) is 0.864. The molecule has 3 rings (SSSR count). The molecule has 0 aromatic heterocycles. The average molecular weight is 410 g/mol. The van der Waals surface area contributed by atoms with Gasteiger partial charge in [0.25, 0.3) is 5.91 Å². The molecule has 2 heterocycles. The van der Waals surface area contributed by atoms with E-state index in [1.165, 1.54) is 4.90 Å². The molecule has 8 nitrogen and oxygen atoms in total. The molecular weight excluding hydrogens is 386 g/mol. The Labute approximate surface area is 168 Å². The van der Waals surface area contributed by atoms with E-state index in [9.17, 15) is 14.4 Å². The minimum atomic E-state index is -0.538. The fraction of sp³-hybridized carbons (Fsp3) is 0.526. The normalized spacial score (nSPS) is 18.4. The number of aliphatic hydroxyl groups excluding tert-OH is 1. The zero-order valence-corrected chi connectivity index (χ0v) is 16.3. The molecule has 2 saturated heterocycles. The van der Waals surface area contributed by atoms with Crippen LogP contribution in [-0.2, 0) is 9.53 Å². The fourth-order valence-electron chi connectivity index (χ4n) is 3.37. The number of benzene rings is 1. The topological polar surface area (TPSA) is 99.2 Å². The first-order valence-corrected chi connectivity index (χ1v) is 9.80. The van der Waals surface area contributed by atoms with Gasteiger partial charge in [-0.1, -0.05) is 11.6 Å². The Morgan fingerprint density at radius 3 is 2.68 bits per heavy atom. The molecule has 28 heavy (non-hydrogen) atoms. The van der Waals surface area contributed by atoms with Gasteiger partial charge in [0.1, 0.15) is 0 Å². The van der Waals surface area contributed by atoms with Crippen molar-refractivity contribution in [3.63, 3.8) is 0 Å². The third-order valence-corrected chi connectivity index (χ3v) is 5.24.